The normalized spacial score (nSPS) is 14.7. The minimum atomic E-state index is -0.272. The summed E-state index contributed by atoms with van der Waals surface area (Å²) < 4.78 is 18.1. The van der Waals surface area contributed by atoms with Gasteiger partial charge >= 0.3 is 0 Å². The Kier molecular flexibility index (Phi) is 3.92. The number of methoxy groups -OCH3 is 1. The van der Waals surface area contributed by atoms with E-state index >= 15 is 0 Å². The molecule has 2 aromatic carbocycles. The van der Waals surface area contributed by atoms with Gasteiger partial charge in [0.1, 0.15) is 11.6 Å². The van der Waals surface area contributed by atoms with Crippen LogP contribution in [0.3, 0.4) is 0 Å². The van der Waals surface area contributed by atoms with Crippen LogP contribution in [0.25, 0.3) is 5.57 Å². The molecule has 1 aliphatic heterocycles. The highest BCUT2D eigenvalue weighted by Gasteiger charge is 2.20. The fourth-order valence-electron chi connectivity index (χ4n) is 2.55. The number of rotatable bonds is 3. The van der Waals surface area contributed by atoms with Crippen molar-refractivity contribution in [1.29, 1.82) is 0 Å². The maximum atomic E-state index is 13.0. The second-order valence-electron chi connectivity index (χ2n) is 5.11. The molecule has 1 amide bonds. The van der Waals surface area contributed by atoms with Gasteiger partial charge in [-0.05, 0) is 54.0 Å². The van der Waals surface area contributed by atoms with E-state index in [2.05, 4.69) is 0 Å². The standard InChI is InChI=1S/C18H16FNO2/c1-22-17-8-6-16(7-9-17)20-11-10-14(12-18(20)21)13-2-4-15(19)5-3-13/h2-9,12H,10-11H2,1H3. The minimum Gasteiger partial charge on any atom is -0.497 e. The Morgan fingerprint density at radius 3 is 2.32 bits per heavy atom. The Bertz CT molecular complexity index is 705. The first kappa shape index (κ1) is 14.3. The fourth-order valence-corrected chi connectivity index (χ4v) is 2.55. The molecule has 0 atom stereocenters. The maximum absolute atomic E-state index is 13.0. The van der Waals surface area contributed by atoms with E-state index < -0.39 is 0 Å². The maximum Gasteiger partial charge on any atom is 0.251 e. The van der Waals surface area contributed by atoms with Gasteiger partial charge in [0.25, 0.3) is 5.91 Å². The van der Waals surface area contributed by atoms with E-state index in [1.807, 2.05) is 24.3 Å². The van der Waals surface area contributed by atoms with E-state index in [1.165, 1.54) is 12.1 Å². The highest BCUT2D eigenvalue weighted by molar-refractivity contribution is 6.07. The van der Waals surface area contributed by atoms with Gasteiger partial charge in [-0.15, -0.1) is 0 Å². The van der Waals surface area contributed by atoms with Crippen molar-refractivity contribution >= 4 is 17.2 Å². The van der Waals surface area contributed by atoms with Crippen LogP contribution in [0.15, 0.2) is 54.6 Å². The molecule has 0 saturated carbocycles. The number of carbonyl (C=O) groups excluding carboxylic acids is 1. The summed E-state index contributed by atoms with van der Waals surface area (Å²) >= 11 is 0. The Balaban J connectivity index is 1.81. The van der Waals surface area contributed by atoms with Gasteiger partial charge in [0, 0.05) is 18.3 Å². The Hall–Kier alpha value is -2.62. The average molecular weight is 297 g/mol. The fraction of sp³-hybridized carbons (Fsp3) is 0.167. The van der Waals surface area contributed by atoms with Crippen molar-refractivity contribution in [3.63, 3.8) is 0 Å². The second-order valence-corrected chi connectivity index (χ2v) is 5.11. The van der Waals surface area contributed by atoms with Crippen molar-refractivity contribution in [2.45, 2.75) is 6.42 Å². The summed E-state index contributed by atoms with van der Waals surface area (Å²) in [5.74, 6) is 0.429. The smallest absolute Gasteiger partial charge is 0.251 e. The number of benzene rings is 2. The van der Waals surface area contributed by atoms with Crippen LogP contribution >= 0.6 is 0 Å². The zero-order chi connectivity index (χ0) is 15.5. The van der Waals surface area contributed by atoms with Crippen LogP contribution in [0.5, 0.6) is 5.75 Å². The molecule has 0 N–H and O–H groups in total. The van der Waals surface area contributed by atoms with Gasteiger partial charge < -0.3 is 9.64 Å². The molecule has 0 bridgehead atoms. The topological polar surface area (TPSA) is 29.5 Å². The van der Waals surface area contributed by atoms with E-state index in [0.29, 0.717) is 6.54 Å². The number of hydrogen-bond donors (Lipinski definition) is 0. The lowest BCUT2D eigenvalue weighted by atomic mass is 9.99. The number of anilines is 1. The quantitative estimate of drug-likeness (QED) is 0.865. The molecule has 0 fully saturated rings. The van der Waals surface area contributed by atoms with E-state index in [1.54, 1.807) is 30.2 Å². The third-order valence-corrected chi connectivity index (χ3v) is 3.77. The second kappa shape index (κ2) is 6.02. The monoisotopic (exact) mass is 297 g/mol. The Morgan fingerprint density at radius 2 is 1.73 bits per heavy atom. The molecule has 0 aromatic heterocycles. The summed E-state index contributed by atoms with van der Waals surface area (Å²) in [7, 11) is 1.61. The molecule has 22 heavy (non-hydrogen) atoms. The highest BCUT2D eigenvalue weighted by Crippen LogP contribution is 2.27. The van der Waals surface area contributed by atoms with Crippen molar-refractivity contribution < 1.29 is 13.9 Å². The Labute approximate surface area is 128 Å². The molecule has 0 unspecified atom stereocenters. The molecule has 0 radical (unpaired) electrons. The predicted molar refractivity (Wildman–Crippen MR) is 84.3 cm³/mol. The lowest BCUT2D eigenvalue weighted by Gasteiger charge is -2.26. The number of carbonyl (C=O) groups is 1. The van der Waals surface area contributed by atoms with E-state index in [0.717, 1.165) is 29.0 Å². The van der Waals surface area contributed by atoms with Gasteiger partial charge in [-0.1, -0.05) is 12.1 Å². The summed E-state index contributed by atoms with van der Waals surface area (Å²) in [4.78, 5) is 14.1. The number of nitrogens with zero attached hydrogens (tertiary/aromatic N) is 1. The molecule has 0 aliphatic carbocycles. The van der Waals surface area contributed by atoms with Crippen LogP contribution in [-0.4, -0.2) is 19.6 Å². The van der Waals surface area contributed by atoms with Crippen LogP contribution in [0.4, 0.5) is 10.1 Å². The third kappa shape index (κ3) is 2.86. The van der Waals surface area contributed by atoms with Crippen LogP contribution in [0, 0.1) is 5.82 Å². The molecular weight excluding hydrogens is 281 g/mol. The Morgan fingerprint density at radius 1 is 1.05 bits per heavy atom. The SMILES string of the molecule is COc1ccc(N2CCC(c3ccc(F)cc3)=CC2=O)cc1. The molecular formula is C18H16FNO2. The largest absolute Gasteiger partial charge is 0.497 e. The average Bonchev–Trinajstić information content (AvgIpc) is 2.56. The van der Waals surface area contributed by atoms with E-state index in [9.17, 15) is 9.18 Å². The lowest BCUT2D eigenvalue weighted by Crippen LogP contribution is -2.33. The highest BCUT2D eigenvalue weighted by atomic mass is 19.1. The molecule has 1 aliphatic rings. The lowest BCUT2D eigenvalue weighted by molar-refractivity contribution is -0.114. The van der Waals surface area contributed by atoms with Crippen LogP contribution in [-0.2, 0) is 4.79 Å². The van der Waals surface area contributed by atoms with E-state index in [4.69, 9.17) is 4.74 Å². The van der Waals surface area contributed by atoms with Gasteiger partial charge in [-0.2, -0.15) is 0 Å². The van der Waals surface area contributed by atoms with Crippen molar-refractivity contribution in [3.05, 3.63) is 66.0 Å². The van der Waals surface area contributed by atoms with Gasteiger partial charge in [-0.25, -0.2) is 4.39 Å². The molecule has 0 spiro atoms. The van der Waals surface area contributed by atoms with Crippen molar-refractivity contribution in [2.75, 3.05) is 18.6 Å². The van der Waals surface area contributed by atoms with Crippen molar-refractivity contribution in [3.8, 4) is 5.75 Å². The number of ether oxygens (including phenoxy) is 1. The first-order chi connectivity index (χ1) is 10.7. The van der Waals surface area contributed by atoms with Crippen molar-refractivity contribution in [1.82, 2.24) is 0 Å². The van der Waals surface area contributed by atoms with Gasteiger partial charge in [-0.3, -0.25) is 4.79 Å². The van der Waals surface area contributed by atoms with E-state index in [-0.39, 0.29) is 11.7 Å². The molecule has 3 rings (SSSR count). The van der Waals surface area contributed by atoms with Crippen LogP contribution in [0.2, 0.25) is 0 Å². The summed E-state index contributed by atoms with van der Waals surface area (Å²) in [5, 5.41) is 0. The molecule has 0 saturated heterocycles. The first-order valence-corrected chi connectivity index (χ1v) is 7.09. The molecule has 3 nitrogen and oxygen atoms in total. The third-order valence-electron chi connectivity index (χ3n) is 3.77. The van der Waals surface area contributed by atoms with Gasteiger partial charge in [0.15, 0.2) is 0 Å². The summed E-state index contributed by atoms with van der Waals surface area (Å²) in [6, 6.07) is 13.6. The van der Waals surface area contributed by atoms with Gasteiger partial charge in [0.2, 0.25) is 0 Å². The number of amides is 1. The number of hydrogen-bond acceptors (Lipinski definition) is 2. The van der Waals surface area contributed by atoms with Crippen LogP contribution < -0.4 is 9.64 Å². The minimum absolute atomic E-state index is 0.0595. The zero-order valence-electron chi connectivity index (χ0n) is 12.3. The summed E-state index contributed by atoms with van der Waals surface area (Å²) in [6.07, 6.45) is 2.37. The molecule has 1 heterocycles. The number of halogens is 1. The summed E-state index contributed by atoms with van der Waals surface area (Å²) in [6.45, 7) is 0.606. The zero-order valence-corrected chi connectivity index (χ0v) is 12.3. The van der Waals surface area contributed by atoms with Crippen LogP contribution in [0.1, 0.15) is 12.0 Å². The summed E-state index contributed by atoms with van der Waals surface area (Å²) in [5.41, 5.74) is 2.68. The van der Waals surface area contributed by atoms with Gasteiger partial charge in [0.05, 0.1) is 7.11 Å². The molecule has 2 aromatic rings. The first-order valence-electron chi connectivity index (χ1n) is 7.09. The molecule has 4 heteroatoms. The molecule has 112 valence electrons. The van der Waals surface area contributed by atoms with Crippen molar-refractivity contribution in [2.24, 2.45) is 0 Å². The predicted octanol–water partition coefficient (Wildman–Crippen LogP) is 3.65.